The van der Waals surface area contributed by atoms with Crippen molar-refractivity contribution in [2.24, 2.45) is 0 Å². The zero-order valence-corrected chi connectivity index (χ0v) is 11.5. The molecule has 0 bridgehead atoms. The van der Waals surface area contributed by atoms with Crippen LogP contribution in [-0.2, 0) is 9.59 Å². The average molecular weight is 254 g/mol. The molecule has 0 aromatic carbocycles. The maximum absolute atomic E-state index is 11.8. The minimum Gasteiger partial charge on any atom is -0.481 e. The molecule has 102 valence electrons. The molecule has 18 heavy (non-hydrogen) atoms. The molecule has 0 fully saturated rings. The number of hydrogen-bond acceptors (Lipinski definition) is 3. The molecule has 1 amide bonds. The fourth-order valence-electron chi connectivity index (χ4n) is 1.75. The van der Waals surface area contributed by atoms with Gasteiger partial charge in [-0.15, -0.1) is 6.42 Å². The van der Waals surface area contributed by atoms with Crippen molar-refractivity contribution in [3.05, 3.63) is 0 Å². The number of hydrogen-bond donors (Lipinski definition) is 2. The Morgan fingerprint density at radius 3 is 2.39 bits per heavy atom. The predicted molar refractivity (Wildman–Crippen MR) is 70.0 cm³/mol. The number of nitrogens with one attached hydrogen (secondary N) is 1. The van der Waals surface area contributed by atoms with Crippen LogP contribution >= 0.6 is 0 Å². The molecular weight excluding hydrogens is 232 g/mol. The lowest BCUT2D eigenvalue weighted by Crippen LogP contribution is -2.53. The monoisotopic (exact) mass is 254 g/mol. The third kappa shape index (κ3) is 5.69. The zero-order chi connectivity index (χ0) is 14.3. The van der Waals surface area contributed by atoms with Gasteiger partial charge < -0.3 is 10.4 Å². The van der Waals surface area contributed by atoms with E-state index in [1.165, 1.54) is 0 Å². The molecule has 0 saturated heterocycles. The lowest BCUT2D eigenvalue weighted by atomic mass is 10.0. The summed E-state index contributed by atoms with van der Waals surface area (Å²) in [7, 11) is 0. The number of carbonyl (C=O) groups excluding carboxylic acids is 1. The van der Waals surface area contributed by atoms with Crippen molar-refractivity contribution in [2.45, 2.75) is 45.7 Å². The van der Waals surface area contributed by atoms with E-state index >= 15 is 0 Å². The highest BCUT2D eigenvalue weighted by molar-refractivity contribution is 5.81. The number of nitrogens with zero attached hydrogens (tertiary/aromatic N) is 1. The van der Waals surface area contributed by atoms with Gasteiger partial charge >= 0.3 is 5.97 Å². The minimum absolute atomic E-state index is 0.00400. The Labute approximate surface area is 109 Å². The third-order valence-corrected chi connectivity index (χ3v) is 2.64. The number of rotatable bonds is 6. The van der Waals surface area contributed by atoms with Crippen molar-refractivity contribution in [1.82, 2.24) is 10.2 Å². The molecule has 0 spiro atoms. The first-order chi connectivity index (χ1) is 8.20. The van der Waals surface area contributed by atoms with Gasteiger partial charge in [-0.25, -0.2) is 0 Å². The average Bonchev–Trinajstić information content (AvgIpc) is 2.23. The highest BCUT2D eigenvalue weighted by atomic mass is 16.4. The molecule has 1 unspecified atom stereocenters. The zero-order valence-electron chi connectivity index (χ0n) is 11.5. The Morgan fingerprint density at radius 1 is 1.44 bits per heavy atom. The summed E-state index contributed by atoms with van der Waals surface area (Å²) >= 11 is 0. The van der Waals surface area contributed by atoms with E-state index in [4.69, 9.17) is 11.5 Å². The lowest BCUT2D eigenvalue weighted by Gasteiger charge is -2.39. The van der Waals surface area contributed by atoms with Crippen LogP contribution in [0.4, 0.5) is 0 Å². The second kappa shape index (κ2) is 7.02. The van der Waals surface area contributed by atoms with Gasteiger partial charge in [-0.2, -0.15) is 0 Å². The van der Waals surface area contributed by atoms with Gasteiger partial charge in [0, 0.05) is 12.1 Å². The fourth-order valence-corrected chi connectivity index (χ4v) is 1.75. The van der Waals surface area contributed by atoms with Crippen LogP contribution in [-0.4, -0.2) is 46.6 Å². The van der Waals surface area contributed by atoms with Crippen LogP contribution in [0.25, 0.3) is 0 Å². The Kier molecular flexibility index (Phi) is 6.42. The van der Waals surface area contributed by atoms with Gasteiger partial charge in [-0.3, -0.25) is 14.5 Å². The molecule has 0 radical (unpaired) electrons. The second-order valence-corrected chi connectivity index (χ2v) is 5.11. The van der Waals surface area contributed by atoms with Crippen LogP contribution < -0.4 is 5.32 Å². The van der Waals surface area contributed by atoms with Crippen molar-refractivity contribution < 1.29 is 14.7 Å². The number of carbonyl (C=O) groups is 2. The van der Waals surface area contributed by atoms with Crippen molar-refractivity contribution in [1.29, 1.82) is 0 Å². The smallest absolute Gasteiger partial charge is 0.304 e. The number of amides is 1. The summed E-state index contributed by atoms with van der Waals surface area (Å²) in [6, 6.07) is -0.419. The van der Waals surface area contributed by atoms with Crippen LogP contribution in [0.2, 0.25) is 0 Å². The Balaban J connectivity index is 4.70. The summed E-state index contributed by atoms with van der Waals surface area (Å²) in [6.07, 6.45) is 5.09. The SMILES string of the molecule is C#CCNC(=O)C(C)N(CCC(=O)O)C(C)(C)C. The summed E-state index contributed by atoms with van der Waals surface area (Å²) in [5, 5.41) is 11.3. The number of aliphatic carboxylic acids is 1. The van der Waals surface area contributed by atoms with Crippen LogP contribution in [0.1, 0.15) is 34.1 Å². The molecule has 0 aliphatic heterocycles. The van der Waals surface area contributed by atoms with E-state index in [2.05, 4.69) is 11.2 Å². The van der Waals surface area contributed by atoms with Gasteiger partial charge in [0.1, 0.15) is 0 Å². The number of carboxylic acids is 1. The molecule has 0 heterocycles. The van der Waals surface area contributed by atoms with E-state index in [-0.39, 0.29) is 24.4 Å². The van der Waals surface area contributed by atoms with Crippen molar-refractivity contribution in [3.63, 3.8) is 0 Å². The minimum atomic E-state index is -0.875. The highest BCUT2D eigenvalue weighted by Crippen LogP contribution is 2.17. The highest BCUT2D eigenvalue weighted by Gasteiger charge is 2.30. The van der Waals surface area contributed by atoms with Gasteiger partial charge in [0.15, 0.2) is 0 Å². The van der Waals surface area contributed by atoms with E-state index < -0.39 is 12.0 Å². The topological polar surface area (TPSA) is 69.6 Å². The van der Waals surface area contributed by atoms with Gasteiger partial charge in [0.25, 0.3) is 0 Å². The van der Waals surface area contributed by atoms with E-state index in [9.17, 15) is 9.59 Å². The van der Waals surface area contributed by atoms with Gasteiger partial charge in [-0.1, -0.05) is 5.92 Å². The standard InChI is InChI=1S/C13H22N2O3/c1-6-8-14-12(18)10(2)15(13(3,4)5)9-7-11(16)17/h1,10H,7-9H2,2-5H3,(H,14,18)(H,16,17). The molecular formula is C13H22N2O3. The van der Waals surface area contributed by atoms with Gasteiger partial charge in [-0.05, 0) is 27.7 Å². The molecule has 0 aliphatic rings. The first-order valence-corrected chi connectivity index (χ1v) is 5.90. The molecule has 5 heteroatoms. The predicted octanol–water partition coefficient (Wildman–Crippen LogP) is 0.700. The molecule has 0 aromatic rings. The number of terminal acetylenes is 1. The Hall–Kier alpha value is -1.54. The van der Waals surface area contributed by atoms with E-state index in [0.29, 0.717) is 6.54 Å². The van der Waals surface area contributed by atoms with E-state index in [0.717, 1.165) is 0 Å². The normalized spacial score (nSPS) is 12.9. The summed E-state index contributed by atoms with van der Waals surface area (Å²) in [5.41, 5.74) is -0.289. The molecule has 0 saturated carbocycles. The first kappa shape index (κ1) is 16.5. The van der Waals surface area contributed by atoms with Crippen LogP contribution in [0.3, 0.4) is 0 Å². The largest absolute Gasteiger partial charge is 0.481 e. The number of carboxylic acid groups (broad SMARTS) is 1. The van der Waals surface area contributed by atoms with Crippen molar-refractivity contribution >= 4 is 11.9 Å². The molecule has 0 rings (SSSR count). The summed E-state index contributed by atoms with van der Waals surface area (Å²) in [4.78, 5) is 24.3. The molecule has 5 nitrogen and oxygen atoms in total. The van der Waals surface area contributed by atoms with Crippen molar-refractivity contribution in [3.8, 4) is 12.3 Å². The van der Waals surface area contributed by atoms with E-state index in [1.54, 1.807) is 6.92 Å². The molecule has 1 atom stereocenters. The summed E-state index contributed by atoms with van der Waals surface area (Å²) < 4.78 is 0. The third-order valence-electron chi connectivity index (χ3n) is 2.64. The second-order valence-electron chi connectivity index (χ2n) is 5.11. The molecule has 0 aliphatic carbocycles. The molecule has 2 N–H and O–H groups in total. The van der Waals surface area contributed by atoms with E-state index in [1.807, 2.05) is 25.7 Å². The van der Waals surface area contributed by atoms with Crippen LogP contribution in [0.15, 0.2) is 0 Å². The summed E-state index contributed by atoms with van der Waals surface area (Å²) in [6.45, 7) is 8.09. The Morgan fingerprint density at radius 2 is 2.00 bits per heavy atom. The Bertz CT molecular complexity index is 339. The first-order valence-electron chi connectivity index (χ1n) is 5.90. The van der Waals surface area contributed by atoms with Crippen LogP contribution in [0, 0.1) is 12.3 Å². The lowest BCUT2D eigenvalue weighted by molar-refractivity contribution is -0.139. The fraction of sp³-hybridized carbons (Fsp3) is 0.692. The maximum Gasteiger partial charge on any atom is 0.304 e. The summed E-state index contributed by atoms with van der Waals surface area (Å²) in [5.74, 6) is 1.28. The van der Waals surface area contributed by atoms with Crippen molar-refractivity contribution in [2.75, 3.05) is 13.1 Å². The quantitative estimate of drug-likeness (QED) is 0.685. The van der Waals surface area contributed by atoms with Gasteiger partial charge in [0.05, 0.1) is 19.0 Å². The van der Waals surface area contributed by atoms with Gasteiger partial charge in [0.2, 0.25) is 5.91 Å². The maximum atomic E-state index is 11.8. The van der Waals surface area contributed by atoms with Crippen LogP contribution in [0.5, 0.6) is 0 Å². The molecule has 0 aromatic heterocycles.